The van der Waals surface area contributed by atoms with Crippen molar-refractivity contribution in [3.8, 4) is 0 Å². The van der Waals surface area contributed by atoms with Gasteiger partial charge in [0.2, 0.25) is 10.0 Å². The molecule has 3 rings (SSSR count). The molecule has 3 N–H and O–H groups in total. The first-order chi connectivity index (χ1) is 9.87. The lowest BCUT2D eigenvalue weighted by atomic mass is 9.89. The molecule has 2 aliphatic carbocycles. The highest BCUT2D eigenvalue weighted by atomic mass is 32.2. The highest BCUT2D eigenvalue weighted by Gasteiger charge is 2.39. The monoisotopic (exact) mass is 331 g/mol. The Morgan fingerprint density at radius 1 is 1.43 bits per heavy atom. The van der Waals surface area contributed by atoms with Crippen LogP contribution in [0.25, 0.3) is 0 Å². The van der Waals surface area contributed by atoms with Crippen LogP contribution in [0.2, 0.25) is 0 Å². The lowest BCUT2D eigenvalue weighted by Crippen LogP contribution is -2.31. The number of fused-ring (bicyclic) bond motifs is 2. The van der Waals surface area contributed by atoms with E-state index in [9.17, 15) is 18.5 Å². The maximum atomic E-state index is 12.2. The Bertz CT molecular complexity index is 670. The van der Waals surface area contributed by atoms with Crippen LogP contribution < -0.4 is 10.5 Å². The molecule has 116 valence electrons. The van der Waals surface area contributed by atoms with E-state index in [2.05, 4.69) is 4.72 Å². The SMILES string of the molecule is Nc1sc(S(=O)(=O)NCC2CC3CCC2C3)cc1[N+](=O)[O-]. The summed E-state index contributed by atoms with van der Waals surface area (Å²) in [7, 11) is -3.72. The van der Waals surface area contributed by atoms with Crippen LogP contribution in [0.4, 0.5) is 10.7 Å². The number of rotatable bonds is 5. The fraction of sp³-hybridized carbons (Fsp3) is 0.667. The maximum absolute atomic E-state index is 12.2. The molecule has 3 atom stereocenters. The van der Waals surface area contributed by atoms with E-state index in [1.807, 2.05) is 0 Å². The molecule has 1 aromatic rings. The number of sulfonamides is 1. The van der Waals surface area contributed by atoms with Crippen molar-refractivity contribution in [1.82, 2.24) is 4.72 Å². The maximum Gasteiger partial charge on any atom is 0.304 e. The van der Waals surface area contributed by atoms with Gasteiger partial charge in [-0.2, -0.15) is 0 Å². The Balaban J connectivity index is 1.69. The van der Waals surface area contributed by atoms with Crippen molar-refractivity contribution in [3.63, 3.8) is 0 Å². The normalized spacial score (nSPS) is 28.1. The fourth-order valence-corrected chi connectivity index (χ4v) is 5.92. The average Bonchev–Trinajstić information content (AvgIpc) is 3.10. The predicted octanol–water partition coefficient (Wildman–Crippen LogP) is 1.95. The summed E-state index contributed by atoms with van der Waals surface area (Å²) >= 11 is 0.733. The van der Waals surface area contributed by atoms with Crippen LogP contribution in [-0.2, 0) is 10.0 Å². The fourth-order valence-electron chi connectivity index (χ4n) is 3.56. The summed E-state index contributed by atoms with van der Waals surface area (Å²) in [5.41, 5.74) is 5.14. The van der Waals surface area contributed by atoms with Crippen LogP contribution in [0.1, 0.15) is 25.7 Å². The molecule has 0 amide bonds. The highest BCUT2D eigenvalue weighted by Crippen LogP contribution is 2.48. The zero-order valence-corrected chi connectivity index (χ0v) is 13.0. The lowest BCUT2D eigenvalue weighted by Gasteiger charge is -2.21. The van der Waals surface area contributed by atoms with Crippen molar-refractivity contribution in [2.45, 2.75) is 29.9 Å². The van der Waals surface area contributed by atoms with Gasteiger partial charge in [0.25, 0.3) is 0 Å². The molecule has 7 nitrogen and oxygen atoms in total. The van der Waals surface area contributed by atoms with E-state index >= 15 is 0 Å². The molecule has 21 heavy (non-hydrogen) atoms. The minimum atomic E-state index is -3.72. The third kappa shape index (κ3) is 2.77. The van der Waals surface area contributed by atoms with Crippen LogP contribution in [0.3, 0.4) is 0 Å². The van der Waals surface area contributed by atoms with Gasteiger partial charge in [0.15, 0.2) is 5.00 Å². The van der Waals surface area contributed by atoms with E-state index in [0.717, 1.165) is 29.7 Å². The van der Waals surface area contributed by atoms with Crippen molar-refractivity contribution in [3.05, 3.63) is 16.2 Å². The zero-order chi connectivity index (χ0) is 15.2. The molecule has 0 spiro atoms. The van der Waals surface area contributed by atoms with E-state index in [4.69, 9.17) is 5.73 Å². The standard InChI is InChI=1S/C12H17N3O4S2/c13-12-10(15(16)17)5-11(20-12)21(18,19)14-6-9-4-7-1-2-8(9)3-7/h5,7-9,14H,1-4,6,13H2. The van der Waals surface area contributed by atoms with Gasteiger partial charge in [0, 0.05) is 12.6 Å². The summed E-state index contributed by atoms with van der Waals surface area (Å²) in [6.45, 7) is 0.412. The zero-order valence-electron chi connectivity index (χ0n) is 11.3. The number of hydrogen-bond donors (Lipinski definition) is 2. The number of nitrogens with two attached hydrogens (primary N) is 1. The minimum Gasteiger partial charge on any atom is -0.385 e. The van der Waals surface area contributed by atoms with Gasteiger partial charge in [-0.25, -0.2) is 13.1 Å². The first-order valence-corrected chi connectivity index (χ1v) is 9.20. The Morgan fingerprint density at radius 2 is 2.19 bits per heavy atom. The summed E-state index contributed by atoms with van der Waals surface area (Å²) < 4.78 is 26.9. The Hall–Kier alpha value is -1.19. The Labute approximate surface area is 126 Å². The first kappa shape index (κ1) is 14.7. The van der Waals surface area contributed by atoms with Crippen molar-refractivity contribution >= 4 is 32.0 Å². The molecule has 2 bridgehead atoms. The molecule has 0 aliphatic heterocycles. The first-order valence-electron chi connectivity index (χ1n) is 6.90. The van der Waals surface area contributed by atoms with Crippen LogP contribution in [0.15, 0.2) is 10.3 Å². The van der Waals surface area contributed by atoms with E-state index in [0.29, 0.717) is 18.4 Å². The van der Waals surface area contributed by atoms with Gasteiger partial charge in [-0.05, 0) is 37.0 Å². The highest BCUT2D eigenvalue weighted by molar-refractivity contribution is 7.91. The molecule has 2 aliphatic rings. The van der Waals surface area contributed by atoms with E-state index < -0.39 is 14.9 Å². The largest absolute Gasteiger partial charge is 0.385 e. The summed E-state index contributed by atoms with van der Waals surface area (Å²) in [5.74, 6) is 1.77. The summed E-state index contributed by atoms with van der Waals surface area (Å²) in [5, 5.41) is 10.6. The molecule has 2 saturated carbocycles. The Kier molecular flexibility index (Phi) is 3.66. The van der Waals surface area contributed by atoms with Crippen molar-refractivity contribution in [2.24, 2.45) is 17.8 Å². The van der Waals surface area contributed by atoms with E-state index in [1.54, 1.807) is 0 Å². The minimum absolute atomic E-state index is 0.0831. The number of hydrogen-bond acceptors (Lipinski definition) is 6. The van der Waals surface area contributed by atoms with Gasteiger partial charge >= 0.3 is 5.69 Å². The van der Waals surface area contributed by atoms with Crippen LogP contribution >= 0.6 is 11.3 Å². The van der Waals surface area contributed by atoms with Crippen molar-refractivity contribution in [1.29, 1.82) is 0 Å². The smallest absolute Gasteiger partial charge is 0.304 e. The molecule has 9 heteroatoms. The molecule has 2 fully saturated rings. The van der Waals surface area contributed by atoms with Crippen molar-refractivity contribution in [2.75, 3.05) is 12.3 Å². The van der Waals surface area contributed by atoms with Gasteiger partial charge < -0.3 is 5.73 Å². The third-order valence-electron chi connectivity index (χ3n) is 4.60. The number of thiophene rings is 1. The third-order valence-corrected chi connectivity index (χ3v) is 7.45. The Morgan fingerprint density at radius 3 is 2.71 bits per heavy atom. The topological polar surface area (TPSA) is 115 Å². The van der Waals surface area contributed by atoms with Gasteiger partial charge in [0.1, 0.15) is 4.21 Å². The van der Waals surface area contributed by atoms with Gasteiger partial charge in [-0.3, -0.25) is 10.1 Å². The number of nitrogen functional groups attached to an aromatic ring is 1. The van der Waals surface area contributed by atoms with Gasteiger partial charge in [0.05, 0.1) is 4.92 Å². The molecule has 3 unspecified atom stereocenters. The van der Waals surface area contributed by atoms with Gasteiger partial charge in [-0.15, -0.1) is 0 Å². The summed E-state index contributed by atoms with van der Waals surface area (Å²) in [6, 6.07) is 1.03. The second kappa shape index (κ2) is 5.22. The molecule has 1 heterocycles. The molecule has 0 radical (unpaired) electrons. The molecule has 1 aromatic heterocycles. The molecular weight excluding hydrogens is 314 g/mol. The second-order valence-electron chi connectivity index (χ2n) is 5.86. The predicted molar refractivity (Wildman–Crippen MR) is 79.5 cm³/mol. The summed E-state index contributed by atoms with van der Waals surface area (Å²) in [6.07, 6.45) is 4.75. The van der Waals surface area contributed by atoms with Crippen LogP contribution in [0.5, 0.6) is 0 Å². The molecule has 0 saturated heterocycles. The van der Waals surface area contributed by atoms with E-state index in [-0.39, 0.29) is 14.9 Å². The average molecular weight is 331 g/mol. The van der Waals surface area contributed by atoms with Gasteiger partial charge in [-0.1, -0.05) is 17.8 Å². The van der Waals surface area contributed by atoms with Crippen LogP contribution in [0, 0.1) is 27.9 Å². The lowest BCUT2D eigenvalue weighted by molar-refractivity contribution is -0.383. The number of anilines is 1. The number of nitrogens with zero attached hydrogens (tertiary/aromatic N) is 1. The van der Waals surface area contributed by atoms with Crippen LogP contribution in [-0.4, -0.2) is 19.9 Å². The number of nitrogens with one attached hydrogen (secondary N) is 1. The second-order valence-corrected chi connectivity index (χ2v) is 8.94. The number of nitro groups is 1. The van der Waals surface area contributed by atoms with E-state index in [1.165, 1.54) is 19.3 Å². The summed E-state index contributed by atoms with van der Waals surface area (Å²) in [4.78, 5) is 10.1. The van der Waals surface area contributed by atoms with Crippen molar-refractivity contribution < 1.29 is 13.3 Å². The quantitative estimate of drug-likeness (QED) is 0.632. The molecular formula is C12H17N3O4S2. The molecule has 0 aromatic carbocycles.